The Hall–Kier alpha value is -2.56. The van der Waals surface area contributed by atoms with Crippen LogP contribution >= 0.6 is 0 Å². The third-order valence-electron chi connectivity index (χ3n) is 3.05. The predicted octanol–water partition coefficient (Wildman–Crippen LogP) is 4.27. The Balaban J connectivity index is 2.17. The van der Waals surface area contributed by atoms with Crippen LogP contribution in [0.2, 0.25) is 0 Å². The summed E-state index contributed by atoms with van der Waals surface area (Å²) in [6, 6.07) is 10.7. The van der Waals surface area contributed by atoms with Crippen LogP contribution in [0.5, 0.6) is 11.5 Å². The molecule has 0 atom stereocenters. The minimum atomic E-state index is -0.402. The van der Waals surface area contributed by atoms with E-state index in [1.54, 1.807) is 24.3 Å². The highest BCUT2D eigenvalue weighted by Gasteiger charge is 2.12. The molecule has 122 valence electrons. The maximum absolute atomic E-state index is 13.2. The van der Waals surface area contributed by atoms with E-state index in [1.165, 1.54) is 18.2 Å². The number of anilines is 1. The van der Waals surface area contributed by atoms with Gasteiger partial charge >= 0.3 is 0 Å². The highest BCUT2D eigenvalue weighted by Crippen LogP contribution is 2.29. The summed E-state index contributed by atoms with van der Waals surface area (Å²) in [7, 11) is 0. The van der Waals surface area contributed by atoms with Crippen molar-refractivity contribution in [2.75, 3.05) is 18.5 Å². The molecule has 0 aromatic heterocycles. The van der Waals surface area contributed by atoms with Gasteiger partial charge in [0.25, 0.3) is 5.91 Å². The second kappa shape index (κ2) is 8.17. The van der Waals surface area contributed by atoms with Crippen LogP contribution in [-0.2, 0) is 0 Å². The molecule has 2 aromatic rings. The maximum atomic E-state index is 13.2. The summed E-state index contributed by atoms with van der Waals surface area (Å²) in [4.78, 5) is 12.3. The van der Waals surface area contributed by atoms with Crippen LogP contribution in [0.15, 0.2) is 42.5 Å². The van der Waals surface area contributed by atoms with Crippen molar-refractivity contribution < 1.29 is 18.7 Å². The van der Waals surface area contributed by atoms with E-state index in [4.69, 9.17) is 9.47 Å². The normalized spacial score (nSPS) is 10.2. The van der Waals surface area contributed by atoms with Gasteiger partial charge in [-0.15, -0.1) is 0 Å². The first-order chi connectivity index (χ1) is 11.1. The standard InChI is InChI=1S/C18H20FNO3/c1-3-10-23-16-9-8-13(11-17(16)22-4-2)18(21)20-15-7-5-6-14(19)12-15/h5-9,11-12H,3-4,10H2,1-2H3,(H,20,21). The van der Waals surface area contributed by atoms with Crippen molar-refractivity contribution in [3.05, 3.63) is 53.8 Å². The number of hydrogen-bond donors (Lipinski definition) is 1. The van der Waals surface area contributed by atoms with Crippen LogP contribution in [0, 0.1) is 5.82 Å². The number of nitrogens with one attached hydrogen (secondary N) is 1. The Morgan fingerprint density at radius 1 is 1.09 bits per heavy atom. The summed E-state index contributed by atoms with van der Waals surface area (Å²) >= 11 is 0. The van der Waals surface area contributed by atoms with Gasteiger partial charge in [-0.2, -0.15) is 0 Å². The zero-order valence-electron chi connectivity index (χ0n) is 13.3. The van der Waals surface area contributed by atoms with E-state index in [1.807, 2.05) is 13.8 Å². The number of rotatable bonds is 7. The molecule has 2 rings (SSSR count). The number of carbonyl (C=O) groups is 1. The molecule has 0 spiro atoms. The van der Waals surface area contributed by atoms with Gasteiger partial charge in [0.05, 0.1) is 13.2 Å². The van der Waals surface area contributed by atoms with Crippen molar-refractivity contribution >= 4 is 11.6 Å². The number of halogens is 1. The molecule has 1 N–H and O–H groups in total. The summed E-state index contributed by atoms with van der Waals surface area (Å²) in [6.45, 7) is 4.93. The van der Waals surface area contributed by atoms with Crippen molar-refractivity contribution in [3.63, 3.8) is 0 Å². The molecule has 0 heterocycles. The topological polar surface area (TPSA) is 47.6 Å². The van der Waals surface area contributed by atoms with E-state index in [2.05, 4.69) is 5.32 Å². The first-order valence-electron chi connectivity index (χ1n) is 7.60. The monoisotopic (exact) mass is 317 g/mol. The Morgan fingerprint density at radius 2 is 1.91 bits per heavy atom. The van der Waals surface area contributed by atoms with Crippen LogP contribution in [0.1, 0.15) is 30.6 Å². The summed E-state index contributed by atoms with van der Waals surface area (Å²) in [6.07, 6.45) is 0.882. The van der Waals surface area contributed by atoms with Gasteiger partial charge in [-0.05, 0) is 49.7 Å². The summed E-state index contributed by atoms with van der Waals surface area (Å²) in [5.41, 5.74) is 0.820. The molecular formula is C18H20FNO3. The zero-order chi connectivity index (χ0) is 16.7. The first kappa shape index (κ1) is 16.8. The third kappa shape index (κ3) is 4.71. The molecule has 0 radical (unpaired) electrons. The highest BCUT2D eigenvalue weighted by molar-refractivity contribution is 6.04. The van der Waals surface area contributed by atoms with Gasteiger partial charge in [0.1, 0.15) is 5.82 Å². The van der Waals surface area contributed by atoms with Crippen molar-refractivity contribution in [2.45, 2.75) is 20.3 Å². The van der Waals surface area contributed by atoms with Gasteiger partial charge in [-0.25, -0.2) is 4.39 Å². The Morgan fingerprint density at radius 3 is 2.61 bits per heavy atom. The van der Waals surface area contributed by atoms with Gasteiger partial charge in [0.15, 0.2) is 11.5 Å². The van der Waals surface area contributed by atoms with Gasteiger partial charge in [-0.1, -0.05) is 13.0 Å². The van der Waals surface area contributed by atoms with Crippen molar-refractivity contribution in [3.8, 4) is 11.5 Å². The molecule has 23 heavy (non-hydrogen) atoms. The smallest absolute Gasteiger partial charge is 0.255 e. The second-order valence-corrected chi connectivity index (χ2v) is 4.91. The number of benzene rings is 2. The number of carbonyl (C=O) groups excluding carboxylic acids is 1. The average Bonchev–Trinajstić information content (AvgIpc) is 2.54. The number of hydrogen-bond acceptors (Lipinski definition) is 3. The van der Waals surface area contributed by atoms with Gasteiger partial charge in [-0.3, -0.25) is 4.79 Å². The number of amides is 1. The fourth-order valence-electron chi connectivity index (χ4n) is 2.02. The molecule has 0 unspecified atom stereocenters. The van der Waals surface area contributed by atoms with Crippen LogP contribution in [0.4, 0.5) is 10.1 Å². The van der Waals surface area contributed by atoms with Gasteiger partial charge in [0.2, 0.25) is 0 Å². The molecule has 4 nitrogen and oxygen atoms in total. The van der Waals surface area contributed by atoms with Crippen LogP contribution in [-0.4, -0.2) is 19.1 Å². The summed E-state index contributed by atoms with van der Waals surface area (Å²) in [5, 5.41) is 2.66. The Kier molecular flexibility index (Phi) is 5.97. The van der Waals surface area contributed by atoms with Gasteiger partial charge in [0, 0.05) is 11.3 Å². The zero-order valence-corrected chi connectivity index (χ0v) is 13.3. The Labute approximate surface area is 135 Å². The van der Waals surface area contributed by atoms with E-state index in [9.17, 15) is 9.18 Å². The molecule has 0 saturated carbocycles. The van der Waals surface area contributed by atoms with Crippen LogP contribution in [0.3, 0.4) is 0 Å². The lowest BCUT2D eigenvalue weighted by Crippen LogP contribution is -2.12. The molecule has 0 aliphatic rings. The van der Waals surface area contributed by atoms with Crippen LogP contribution in [0.25, 0.3) is 0 Å². The largest absolute Gasteiger partial charge is 0.490 e. The molecular weight excluding hydrogens is 297 g/mol. The molecule has 0 saturated heterocycles. The molecule has 1 amide bonds. The molecule has 0 bridgehead atoms. The maximum Gasteiger partial charge on any atom is 0.255 e. The fraction of sp³-hybridized carbons (Fsp3) is 0.278. The lowest BCUT2D eigenvalue weighted by atomic mass is 10.1. The molecule has 2 aromatic carbocycles. The molecule has 5 heteroatoms. The Bertz CT molecular complexity index is 673. The van der Waals surface area contributed by atoms with E-state index >= 15 is 0 Å². The molecule has 0 aliphatic carbocycles. The predicted molar refractivity (Wildman–Crippen MR) is 87.8 cm³/mol. The fourth-order valence-corrected chi connectivity index (χ4v) is 2.02. The van der Waals surface area contributed by atoms with E-state index < -0.39 is 5.82 Å². The summed E-state index contributed by atoms with van der Waals surface area (Å²) in [5.74, 6) is 0.392. The highest BCUT2D eigenvalue weighted by atomic mass is 19.1. The van der Waals surface area contributed by atoms with Gasteiger partial charge < -0.3 is 14.8 Å². The SMILES string of the molecule is CCCOc1ccc(C(=O)Nc2cccc(F)c2)cc1OCC. The lowest BCUT2D eigenvalue weighted by molar-refractivity contribution is 0.102. The first-order valence-corrected chi connectivity index (χ1v) is 7.60. The van der Waals surface area contributed by atoms with Crippen LogP contribution < -0.4 is 14.8 Å². The minimum Gasteiger partial charge on any atom is -0.490 e. The molecule has 0 aliphatic heterocycles. The third-order valence-corrected chi connectivity index (χ3v) is 3.05. The van der Waals surface area contributed by atoms with E-state index in [0.717, 1.165) is 6.42 Å². The van der Waals surface area contributed by atoms with Crippen molar-refractivity contribution in [1.82, 2.24) is 0 Å². The average molecular weight is 317 g/mol. The quantitative estimate of drug-likeness (QED) is 0.830. The molecule has 0 fully saturated rings. The van der Waals surface area contributed by atoms with E-state index in [-0.39, 0.29) is 5.91 Å². The van der Waals surface area contributed by atoms with Crippen molar-refractivity contribution in [1.29, 1.82) is 0 Å². The lowest BCUT2D eigenvalue weighted by Gasteiger charge is -2.13. The van der Waals surface area contributed by atoms with E-state index in [0.29, 0.717) is 36.0 Å². The second-order valence-electron chi connectivity index (χ2n) is 4.91. The summed E-state index contributed by atoms with van der Waals surface area (Å²) < 4.78 is 24.3. The minimum absolute atomic E-state index is 0.335. The van der Waals surface area contributed by atoms with Crippen molar-refractivity contribution in [2.24, 2.45) is 0 Å². The number of ether oxygens (including phenoxy) is 2.